The molecule has 1 aromatic carbocycles. The summed E-state index contributed by atoms with van der Waals surface area (Å²) in [5.41, 5.74) is 0.339. The lowest BCUT2D eigenvalue weighted by molar-refractivity contribution is -0.385. The predicted octanol–water partition coefficient (Wildman–Crippen LogP) is 2.40. The molecular weight excluding hydrogens is 292 g/mol. The molecule has 114 valence electrons. The summed E-state index contributed by atoms with van der Waals surface area (Å²) in [6.45, 7) is 5.22. The fourth-order valence-electron chi connectivity index (χ4n) is 2.55. The van der Waals surface area contributed by atoms with E-state index in [-0.39, 0.29) is 10.6 Å². The molecule has 1 heterocycles. The van der Waals surface area contributed by atoms with Gasteiger partial charge >= 0.3 is 0 Å². The lowest BCUT2D eigenvalue weighted by Crippen LogP contribution is -2.34. The standard InChI is InChI=1S/C14H18N2O4S/c1-3-11-6-8-15(9-7-11)13-5-4-12(16(17)18)10-14(13)21(2,19)20/h3-5,10-11H,1,6-9H2,2H3. The van der Waals surface area contributed by atoms with Crippen LogP contribution in [0.3, 0.4) is 0 Å². The highest BCUT2D eigenvalue weighted by molar-refractivity contribution is 7.90. The molecule has 21 heavy (non-hydrogen) atoms. The van der Waals surface area contributed by atoms with Crippen LogP contribution in [-0.2, 0) is 9.84 Å². The van der Waals surface area contributed by atoms with Crippen LogP contribution in [0, 0.1) is 16.0 Å². The SMILES string of the molecule is C=CC1CCN(c2ccc([N+](=O)[O-])cc2S(C)(=O)=O)CC1. The Morgan fingerprint density at radius 3 is 2.48 bits per heavy atom. The predicted molar refractivity (Wildman–Crippen MR) is 81.3 cm³/mol. The number of anilines is 1. The molecule has 0 unspecified atom stereocenters. The molecule has 0 aromatic heterocycles. The minimum Gasteiger partial charge on any atom is -0.370 e. The summed E-state index contributed by atoms with van der Waals surface area (Å²) in [4.78, 5) is 12.2. The van der Waals surface area contributed by atoms with Gasteiger partial charge in [-0.15, -0.1) is 6.58 Å². The van der Waals surface area contributed by atoms with E-state index in [1.807, 2.05) is 11.0 Å². The van der Waals surface area contributed by atoms with Gasteiger partial charge in [-0.3, -0.25) is 10.1 Å². The number of benzene rings is 1. The van der Waals surface area contributed by atoms with Gasteiger partial charge in [0.25, 0.3) is 5.69 Å². The third-order valence-corrected chi connectivity index (χ3v) is 4.89. The number of hydrogen-bond acceptors (Lipinski definition) is 5. The minimum absolute atomic E-state index is 0.0220. The monoisotopic (exact) mass is 310 g/mol. The first-order valence-electron chi connectivity index (χ1n) is 6.69. The summed E-state index contributed by atoms with van der Waals surface area (Å²) in [6.07, 6.45) is 4.81. The fraction of sp³-hybridized carbons (Fsp3) is 0.429. The number of nitro groups is 1. The molecule has 1 aromatic rings. The molecule has 0 spiro atoms. The highest BCUT2D eigenvalue weighted by Crippen LogP contribution is 2.32. The molecule has 1 aliphatic rings. The zero-order valence-electron chi connectivity index (χ0n) is 11.9. The molecule has 1 fully saturated rings. The number of rotatable bonds is 4. The van der Waals surface area contributed by atoms with Gasteiger partial charge in [0, 0.05) is 31.5 Å². The molecule has 1 saturated heterocycles. The average molecular weight is 310 g/mol. The van der Waals surface area contributed by atoms with Crippen molar-refractivity contribution in [3.05, 3.63) is 41.0 Å². The second-order valence-electron chi connectivity index (χ2n) is 5.24. The Morgan fingerprint density at radius 2 is 2.00 bits per heavy atom. The van der Waals surface area contributed by atoms with Gasteiger partial charge in [-0.05, 0) is 24.8 Å². The van der Waals surface area contributed by atoms with Crippen LogP contribution in [0.4, 0.5) is 11.4 Å². The molecule has 0 radical (unpaired) electrons. The van der Waals surface area contributed by atoms with Crippen molar-refractivity contribution in [1.82, 2.24) is 0 Å². The van der Waals surface area contributed by atoms with Crippen LogP contribution < -0.4 is 4.90 Å². The highest BCUT2D eigenvalue weighted by Gasteiger charge is 2.24. The van der Waals surface area contributed by atoms with Crippen molar-refractivity contribution in [1.29, 1.82) is 0 Å². The van der Waals surface area contributed by atoms with Crippen molar-refractivity contribution in [2.24, 2.45) is 5.92 Å². The molecule has 0 atom stereocenters. The van der Waals surface area contributed by atoms with Gasteiger partial charge in [0.2, 0.25) is 0 Å². The van der Waals surface area contributed by atoms with Crippen molar-refractivity contribution in [3.8, 4) is 0 Å². The molecular formula is C14H18N2O4S. The maximum Gasteiger partial charge on any atom is 0.270 e. The molecule has 0 saturated carbocycles. The van der Waals surface area contributed by atoms with E-state index < -0.39 is 14.8 Å². The zero-order valence-corrected chi connectivity index (χ0v) is 12.7. The van der Waals surface area contributed by atoms with Crippen molar-refractivity contribution in [2.75, 3.05) is 24.2 Å². The number of non-ortho nitro benzene ring substituents is 1. The van der Waals surface area contributed by atoms with E-state index in [0.717, 1.165) is 38.3 Å². The summed E-state index contributed by atoms with van der Waals surface area (Å²) in [7, 11) is -3.52. The van der Waals surface area contributed by atoms with Crippen LogP contribution in [0.15, 0.2) is 35.7 Å². The minimum atomic E-state index is -3.52. The van der Waals surface area contributed by atoms with Gasteiger partial charge in [-0.1, -0.05) is 6.08 Å². The van der Waals surface area contributed by atoms with Crippen LogP contribution in [0.1, 0.15) is 12.8 Å². The van der Waals surface area contributed by atoms with Crippen LogP contribution in [0.2, 0.25) is 0 Å². The first-order valence-corrected chi connectivity index (χ1v) is 8.58. The topological polar surface area (TPSA) is 80.5 Å². The van der Waals surface area contributed by atoms with E-state index in [4.69, 9.17) is 0 Å². The molecule has 0 aliphatic carbocycles. The first kappa shape index (κ1) is 15.5. The van der Waals surface area contributed by atoms with Gasteiger partial charge in [0.15, 0.2) is 9.84 Å². The number of nitrogens with zero attached hydrogens (tertiary/aromatic N) is 2. The normalized spacial score (nSPS) is 16.7. The quantitative estimate of drug-likeness (QED) is 0.484. The Labute approximate surface area is 124 Å². The Kier molecular flexibility index (Phi) is 4.32. The van der Waals surface area contributed by atoms with Gasteiger partial charge in [-0.2, -0.15) is 0 Å². The van der Waals surface area contributed by atoms with Crippen molar-refractivity contribution < 1.29 is 13.3 Å². The van der Waals surface area contributed by atoms with E-state index in [9.17, 15) is 18.5 Å². The summed E-state index contributed by atoms with van der Waals surface area (Å²) in [5, 5.41) is 10.8. The average Bonchev–Trinajstić information content (AvgIpc) is 2.46. The number of hydrogen-bond donors (Lipinski definition) is 0. The molecule has 0 amide bonds. The number of allylic oxidation sites excluding steroid dienone is 1. The fourth-order valence-corrected chi connectivity index (χ4v) is 3.46. The first-order chi connectivity index (χ1) is 9.82. The van der Waals surface area contributed by atoms with Crippen LogP contribution in [0.5, 0.6) is 0 Å². The maximum absolute atomic E-state index is 11.9. The molecule has 0 bridgehead atoms. The lowest BCUT2D eigenvalue weighted by Gasteiger charge is -2.33. The van der Waals surface area contributed by atoms with Crippen LogP contribution >= 0.6 is 0 Å². The maximum atomic E-state index is 11.9. The van der Waals surface area contributed by atoms with Crippen LogP contribution in [0.25, 0.3) is 0 Å². The summed E-state index contributed by atoms with van der Waals surface area (Å²) in [5.74, 6) is 0.445. The molecule has 7 heteroatoms. The number of piperidine rings is 1. The number of nitro benzene ring substituents is 1. The molecule has 1 aliphatic heterocycles. The van der Waals surface area contributed by atoms with Crippen molar-refractivity contribution in [2.45, 2.75) is 17.7 Å². The Hall–Kier alpha value is -1.89. The van der Waals surface area contributed by atoms with Gasteiger partial charge in [-0.25, -0.2) is 8.42 Å². The van der Waals surface area contributed by atoms with Crippen LogP contribution in [-0.4, -0.2) is 32.7 Å². The highest BCUT2D eigenvalue weighted by atomic mass is 32.2. The van der Waals surface area contributed by atoms with E-state index in [1.54, 1.807) is 0 Å². The van der Waals surface area contributed by atoms with Gasteiger partial charge in [0.1, 0.15) is 0 Å². The van der Waals surface area contributed by atoms with Gasteiger partial charge < -0.3 is 4.90 Å². The summed E-state index contributed by atoms with van der Waals surface area (Å²) < 4.78 is 23.9. The molecule has 6 nitrogen and oxygen atoms in total. The molecule has 2 rings (SSSR count). The van der Waals surface area contributed by atoms with Crippen molar-refractivity contribution in [3.63, 3.8) is 0 Å². The second kappa shape index (κ2) is 5.85. The Morgan fingerprint density at radius 1 is 1.38 bits per heavy atom. The zero-order chi connectivity index (χ0) is 15.6. The van der Waals surface area contributed by atoms with E-state index >= 15 is 0 Å². The number of sulfone groups is 1. The third-order valence-electron chi connectivity index (χ3n) is 3.77. The molecule has 0 N–H and O–H groups in total. The van der Waals surface area contributed by atoms with Gasteiger partial charge in [0.05, 0.1) is 15.5 Å². The Balaban J connectivity index is 2.40. The van der Waals surface area contributed by atoms with E-state index in [1.165, 1.54) is 12.1 Å². The largest absolute Gasteiger partial charge is 0.370 e. The Bertz CT molecular complexity index is 662. The lowest BCUT2D eigenvalue weighted by atomic mass is 9.97. The third kappa shape index (κ3) is 3.41. The summed E-state index contributed by atoms with van der Waals surface area (Å²) in [6, 6.07) is 4.02. The van der Waals surface area contributed by atoms with Crippen molar-refractivity contribution >= 4 is 21.2 Å². The van der Waals surface area contributed by atoms with E-state index in [0.29, 0.717) is 11.6 Å². The summed E-state index contributed by atoms with van der Waals surface area (Å²) >= 11 is 0. The van der Waals surface area contributed by atoms with E-state index in [2.05, 4.69) is 6.58 Å². The second-order valence-corrected chi connectivity index (χ2v) is 7.23. The smallest absolute Gasteiger partial charge is 0.270 e.